The lowest BCUT2D eigenvalue weighted by atomic mass is 10.2. The van der Waals surface area contributed by atoms with Crippen molar-refractivity contribution in [2.24, 2.45) is 5.92 Å². The van der Waals surface area contributed by atoms with Crippen molar-refractivity contribution < 1.29 is 4.74 Å². The van der Waals surface area contributed by atoms with Crippen LogP contribution in [-0.2, 0) is 11.3 Å². The molecule has 0 aromatic carbocycles. The number of rotatable bonds is 3. The third-order valence-electron chi connectivity index (χ3n) is 3.33. The van der Waals surface area contributed by atoms with E-state index in [4.69, 9.17) is 10.5 Å². The summed E-state index contributed by atoms with van der Waals surface area (Å²) < 4.78 is 7.40. The lowest BCUT2D eigenvalue weighted by molar-refractivity contribution is 0.122. The first-order valence-electron chi connectivity index (χ1n) is 6.96. The van der Waals surface area contributed by atoms with E-state index in [-0.39, 0.29) is 0 Å². The molecule has 0 unspecified atom stereocenters. The second-order valence-corrected chi connectivity index (χ2v) is 5.47. The monoisotopic (exact) mass is 276 g/mol. The van der Waals surface area contributed by atoms with Gasteiger partial charge in [-0.2, -0.15) is 9.97 Å². The fourth-order valence-corrected chi connectivity index (χ4v) is 2.39. The number of nitrogens with zero attached hydrogens (tertiary/aromatic N) is 5. The van der Waals surface area contributed by atoms with Crippen LogP contribution in [0.25, 0.3) is 11.2 Å². The van der Waals surface area contributed by atoms with Gasteiger partial charge in [0.2, 0.25) is 5.95 Å². The Hall–Kier alpha value is -1.89. The summed E-state index contributed by atoms with van der Waals surface area (Å²) in [5.41, 5.74) is 7.52. The molecule has 3 heterocycles. The predicted molar refractivity (Wildman–Crippen MR) is 77.6 cm³/mol. The quantitative estimate of drug-likeness (QED) is 0.897. The lowest BCUT2D eigenvalue weighted by Gasteiger charge is -2.26. The van der Waals surface area contributed by atoms with Crippen LogP contribution in [-0.4, -0.2) is 45.8 Å². The molecule has 2 aromatic heterocycles. The van der Waals surface area contributed by atoms with E-state index in [1.165, 1.54) is 0 Å². The molecule has 2 N–H and O–H groups in total. The summed E-state index contributed by atoms with van der Waals surface area (Å²) in [4.78, 5) is 15.5. The summed E-state index contributed by atoms with van der Waals surface area (Å²) in [7, 11) is 0. The highest BCUT2D eigenvalue weighted by Gasteiger charge is 2.18. The normalized spacial score (nSPS) is 16.2. The van der Waals surface area contributed by atoms with Gasteiger partial charge in [-0.1, -0.05) is 13.8 Å². The molecule has 7 heteroatoms. The van der Waals surface area contributed by atoms with Crippen molar-refractivity contribution >= 4 is 22.9 Å². The zero-order chi connectivity index (χ0) is 14.1. The van der Waals surface area contributed by atoms with Gasteiger partial charge in [-0.15, -0.1) is 0 Å². The Balaban J connectivity index is 2.01. The first-order chi connectivity index (χ1) is 9.65. The standard InChI is InChI=1S/C13H20N6O/c1-9(2)7-19-8-15-10-11(14)16-13(17-12(10)19)18-3-5-20-6-4-18/h8-9H,3-7H2,1-2H3,(H2,14,16,17). The van der Waals surface area contributed by atoms with Gasteiger partial charge in [0, 0.05) is 19.6 Å². The van der Waals surface area contributed by atoms with Crippen LogP contribution in [0.5, 0.6) is 0 Å². The van der Waals surface area contributed by atoms with E-state index in [2.05, 4.69) is 33.7 Å². The van der Waals surface area contributed by atoms with Gasteiger partial charge in [0.25, 0.3) is 0 Å². The number of hydrogen-bond donors (Lipinski definition) is 1. The fraction of sp³-hybridized carbons (Fsp3) is 0.615. The maximum atomic E-state index is 6.02. The average molecular weight is 276 g/mol. The second-order valence-electron chi connectivity index (χ2n) is 5.47. The molecule has 1 aliphatic heterocycles. The molecule has 0 atom stereocenters. The first kappa shape index (κ1) is 13.1. The van der Waals surface area contributed by atoms with Crippen LogP contribution < -0.4 is 10.6 Å². The van der Waals surface area contributed by atoms with Crippen molar-refractivity contribution in [2.45, 2.75) is 20.4 Å². The van der Waals surface area contributed by atoms with Crippen molar-refractivity contribution in [3.8, 4) is 0 Å². The van der Waals surface area contributed by atoms with Gasteiger partial charge >= 0.3 is 0 Å². The molecule has 0 spiro atoms. The topological polar surface area (TPSA) is 82.1 Å². The van der Waals surface area contributed by atoms with E-state index in [0.29, 0.717) is 36.4 Å². The van der Waals surface area contributed by atoms with Crippen LogP contribution in [0.2, 0.25) is 0 Å². The number of anilines is 2. The van der Waals surface area contributed by atoms with Gasteiger partial charge in [0.05, 0.1) is 19.5 Å². The summed E-state index contributed by atoms with van der Waals surface area (Å²) in [6, 6.07) is 0. The fourth-order valence-electron chi connectivity index (χ4n) is 2.39. The molecule has 20 heavy (non-hydrogen) atoms. The molecular weight excluding hydrogens is 256 g/mol. The molecule has 3 rings (SSSR count). The maximum absolute atomic E-state index is 6.02. The Kier molecular flexibility index (Phi) is 3.43. The summed E-state index contributed by atoms with van der Waals surface area (Å²) in [5, 5.41) is 0. The number of hydrogen-bond acceptors (Lipinski definition) is 6. The molecule has 108 valence electrons. The minimum Gasteiger partial charge on any atom is -0.382 e. The average Bonchev–Trinajstić information content (AvgIpc) is 2.83. The lowest BCUT2D eigenvalue weighted by Crippen LogP contribution is -2.37. The van der Waals surface area contributed by atoms with Gasteiger partial charge in [-0.3, -0.25) is 0 Å². The minimum absolute atomic E-state index is 0.444. The van der Waals surface area contributed by atoms with Crippen molar-refractivity contribution in [1.82, 2.24) is 19.5 Å². The number of fused-ring (bicyclic) bond motifs is 1. The molecule has 1 aliphatic rings. The zero-order valence-electron chi connectivity index (χ0n) is 11.9. The molecule has 0 radical (unpaired) electrons. The van der Waals surface area contributed by atoms with Crippen LogP contribution in [0.1, 0.15) is 13.8 Å². The van der Waals surface area contributed by atoms with E-state index in [9.17, 15) is 0 Å². The molecule has 0 aliphatic carbocycles. The molecule has 1 saturated heterocycles. The summed E-state index contributed by atoms with van der Waals surface area (Å²) in [5.74, 6) is 1.64. The van der Waals surface area contributed by atoms with E-state index < -0.39 is 0 Å². The number of imidazole rings is 1. The maximum Gasteiger partial charge on any atom is 0.229 e. The van der Waals surface area contributed by atoms with Crippen molar-refractivity contribution in [2.75, 3.05) is 36.9 Å². The van der Waals surface area contributed by atoms with Gasteiger partial charge in [-0.25, -0.2) is 4.98 Å². The molecule has 0 saturated carbocycles. The van der Waals surface area contributed by atoms with E-state index >= 15 is 0 Å². The predicted octanol–water partition coefficient (Wildman–Crippen LogP) is 0.901. The third-order valence-corrected chi connectivity index (χ3v) is 3.33. The Morgan fingerprint density at radius 2 is 2.05 bits per heavy atom. The molecule has 1 fully saturated rings. The van der Waals surface area contributed by atoms with Crippen molar-refractivity contribution in [3.05, 3.63) is 6.33 Å². The SMILES string of the molecule is CC(C)Cn1cnc2c(N)nc(N3CCOCC3)nc21. The largest absolute Gasteiger partial charge is 0.382 e. The third kappa shape index (κ3) is 2.40. The van der Waals surface area contributed by atoms with Crippen LogP contribution >= 0.6 is 0 Å². The van der Waals surface area contributed by atoms with Crippen molar-refractivity contribution in [1.29, 1.82) is 0 Å². The number of nitrogens with two attached hydrogens (primary N) is 1. The van der Waals surface area contributed by atoms with E-state index in [1.54, 1.807) is 6.33 Å². The van der Waals surface area contributed by atoms with Crippen LogP contribution in [0.4, 0.5) is 11.8 Å². The highest BCUT2D eigenvalue weighted by molar-refractivity contribution is 5.82. The van der Waals surface area contributed by atoms with Crippen LogP contribution in [0.3, 0.4) is 0 Å². The summed E-state index contributed by atoms with van der Waals surface area (Å²) in [6.45, 7) is 8.19. The van der Waals surface area contributed by atoms with Gasteiger partial charge in [0.1, 0.15) is 5.52 Å². The highest BCUT2D eigenvalue weighted by Crippen LogP contribution is 2.21. The Morgan fingerprint density at radius 1 is 1.30 bits per heavy atom. The van der Waals surface area contributed by atoms with Gasteiger partial charge in [0.15, 0.2) is 11.5 Å². The first-order valence-corrected chi connectivity index (χ1v) is 6.96. The Labute approximate surface area is 117 Å². The van der Waals surface area contributed by atoms with E-state index in [1.807, 2.05) is 4.57 Å². The smallest absolute Gasteiger partial charge is 0.229 e. The molecular formula is C13H20N6O. The number of ether oxygens (including phenoxy) is 1. The zero-order valence-corrected chi connectivity index (χ0v) is 11.9. The van der Waals surface area contributed by atoms with Gasteiger partial charge < -0.3 is 19.9 Å². The second kappa shape index (κ2) is 5.24. The van der Waals surface area contributed by atoms with Crippen LogP contribution in [0.15, 0.2) is 6.33 Å². The summed E-state index contributed by atoms with van der Waals surface area (Å²) >= 11 is 0. The number of nitrogen functional groups attached to an aromatic ring is 1. The molecule has 0 bridgehead atoms. The van der Waals surface area contributed by atoms with Crippen molar-refractivity contribution in [3.63, 3.8) is 0 Å². The minimum atomic E-state index is 0.444. The summed E-state index contributed by atoms with van der Waals surface area (Å²) in [6.07, 6.45) is 1.79. The van der Waals surface area contributed by atoms with Gasteiger partial charge in [-0.05, 0) is 5.92 Å². The number of aromatic nitrogens is 4. The van der Waals surface area contributed by atoms with Crippen LogP contribution in [0, 0.1) is 5.92 Å². The molecule has 2 aromatic rings. The Morgan fingerprint density at radius 3 is 2.75 bits per heavy atom. The Bertz CT molecular complexity index is 602. The molecule has 7 nitrogen and oxygen atoms in total. The number of morpholine rings is 1. The molecule has 0 amide bonds. The van der Waals surface area contributed by atoms with E-state index in [0.717, 1.165) is 25.3 Å². The highest BCUT2D eigenvalue weighted by atomic mass is 16.5.